The van der Waals surface area contributed by atoms with E-state index in [1.807, 2.05) is 0 Å². The summed E-state index contributed by atoms with van der Waals surface area (Å²) in [6.07, 6.45) is 17.2. The summed E-state index contributed by atoms with van der Waals surface area (Å²) < 4.78 is 0. The van der Waals surface area contributed by atoms with Gasteiger partial charge in [-0.15, -0.1) is 0 Å². The molecule has 1 aliphatic carbocycles. The summed E-state index contributed by atoms with van der Waals surface area (Å²) in [6.45, 7) is 5.94. The number of hydrogen-bond donors (Lipinski definition) is 1. The van der Waals surface area contributed by atoms with E-state index < -0.39 is 0 Å². The third-order valence-electron chi connectivity index (χ3n) is 4.48. The molecule has 0 aromatic rings. The van der Waals surface area contributed by atoms with Crippen molar-refractivity contribution in [1.29, 1.82) is 0 Å². The fraction of sp³-hybridized carbons (Fsp3) is 1.00. The molecule has 0 saturated heterocycles. The molecule has 1 saturated carbocycles. The quantitative estimate of drug-likeness (QED) is 0.521. The van der Waals surface area contributed by atoms with Crippen LogP contribution in [0.2, 0.25) is 0 Å². The topological polar surface area (TPSA) is 12.0 Å². The van der Waals surface area contributed by atoms with Crippen molar-refractivity contribution >= 4 is 0 Å². The van der Waals surface area contributed by atoms with E-state index in [0.717, 1.165) is 12.0 Å². The second-order valence-corrected chi connectivity index (χ2v) is 6.39. The van der Waals surface area contributed by atoms with E-state index in [9.17, 15) is 0 Å². The van der Waals surface area contributed by atoms with Crippen LogP contribution in [0, 0.1) is 5.92 Å². The van der Waals surface area contributed by atoms with Crippen LogP contribution in [0.5, 0.6) is 0 Å². The van der Waals surface area contributed by atoms with Gasteiger partial charge in [-0.25, -0.2) is 0 Å². The van der Waals surface area contributed by atoms with E-state index in [-0.39, 0.29) is 0 Å². The van der Waals surface area contributed by atoms with Gasteiger partial charge in [-0.1, -0.05) is 58.8 Å². The minimum atomic E-state index is 0.839. The van der Waals surface area contributed by atoms with E-state index in [2.05, 4.69) is 19.2 Å². The molecule has 1 N–H and O–H groups in total. The average Bonchev–Trinajstić information content (AvgIpc) is 2.39. The first kappa shape index (κ1) is 16.0. The maximum absolute atomic E-state index is 3.75. The molecule has 0 bridgehead atoms. The maximum atomic E-state index is 3.75. The lowest BCUT2D eigenvalue weighted by atomic mass is 9.87. The lowest BCUT2D eigenvalue weighted by Crippen LogP contribution is -2.33. The standard InChI is InChI=1S/C17H35N/c1-3-4-5-6-7-8-9-10-15-18-17-13-11-16(2)12-14-17/h16-18H,3-15H2,1-2H3. The van der Waals surface area contributed by atoms with Gasteiger partial charge in [-0.2, -0.15) is 0 Å². The second-order valence-electron chi connectivity index (χ2n) is 6.39. The molecule has 1 rings (SSSR count). The molecule has 0 unspecified atom stereocenters. The Balaban J connectivity index is 1.78. The molecular formula is C17H35N. The van der Waals surface area contributed by atoms with Gasteiger partial charge in [0.2, 0.25) is 0 Å². The second kappa shape index (κ2) is 10.8. The van der Waals surface area contributed by atoms with Crippen molar-refractivity contribution in [3.8, 4) is 0 Å². The summed E-state index contributed by atoms with van der Waals surface area (Å²) in [5.74, 6) is 0.978. The van der Waals surface area contributed by atoms with Crippen LogP contribution in [0.1, 0.15) is 90.9 Å². The number of hydrogen-bond acceptors (Lipinski definition) is 1. The van der Waals surface area contributed by atoms with Gasteiger partial charge in [-0.05, 0) is 44.6 Å². The van der Waals surface area contributed by atoms with Crippen molar-refractivity contribution < 1.29 is 0 Å². The van der Waals surface area contributed by atoms with Crippen LogP contribution in [-0.2, 0) is 0 Å². The largest absolute Gasteiger partial charge is 0.314 e. The molecule has 0 aliphatic heterocycles. The van der Waals surface area contributed by atoms with E-state index >= 15 is 0 Å². The molecule has 0 aromatic carbocycles. The molecule has 1 nitrogen and oxygen atoms in total. The van der Waals surface area contributed by atoms with Crippen molar-refractivity contribution in [3.05, 3.63) is 0 Å². The predicted octanol–water partition coefficient (Wildman–Crippen LogP) is 5.30. The normalized spacial score (nSPS) is 24.3. The molecule has 18 heavy (non-hydrogen) atoms. The summed E-state index contributed by atoms with van der Waals surface area (Å²) in [5, 5.41) is 3.75. The van der Waals surface area contributed by atoms with E-state index in [1.165, 1.54) is 83.6 Å². The highest BCUT2D eigenvalue weighted by atomic mass is 14.9. The molecule has 1 heteroatoms. The van der Waals surface area contributed by atoms with Crippen LogP contribution < -0.4 is 5.32 Å². The van der Waals surface area contributed by atoms with Gasteiger partial charge in [0.15, 0.2) is 0 Å². The summed E-state index contributed by atoms with van der Waals surface area (Å²) in [4.78, 5) is 0. The molecule has 1 fully saturated rings. The van der Waals surface area contributed by atoms with Crippen LogP contribution in [-0.4, -0.2) is 12.6 Å². The third kappa shape index (κ3) is 8.13. The highest BCUT2D eigenvalue weighted by Crippen LogP contribution is 2.23. The molecule has 0 aromatic heterocycles. The highest BCUT2D eigenvalue weighted by Gasteiger charge is 2.16. The van der Waals surface area contributed by atoms with Crippen LogP contribution in [0.4, 0.5) is 0 Å². The molecule has 0 heterocycles. The van der Waals surface area contributed by atoms with Crippen molar-refractivity contribution in [3.63, 3.8) is 0 Å². The van der Waals surface area contributed by atoms with E-state index in [1.54, 1.807) is 0 Å². The van der Waals surface area contributed by atoms with Crippen molar-refractivity contribution in [2.45, 2.75) is 96.9 Å². The summed E-state index contributed by atoms with van der Waals surface area (Å²) in [7, 11) is 0. The molecule has 0 radical (unpaired) electrons. The number of rotatable bonds is 10. The first-order valence-corrected chi connectivity index (χ1v) is 8.56. The summed E-state index contributed by atoms with van der Waals surface area (Å²) in [5.41, 5.74) is 0. The van der Waals surface area contributed by atoms with Crippen LogP contribution in [0.15, 0.2) is 0 Å². The first-order valence-electron chi connectivity index (χ1n) is 8.56. The van der Waals surface area contributed by atoms with E-state index in [0.29, 0.717) is 0 Å². The molecule has 0 amide bonds. The maximum Gasteiger partial charge on any atom is 0.00672 e. The smallest absolute Gasteiger partial charge is 0.00672 e. The van der Waals surface area contributed by atoms with Crippen LogP contribution in [0.3, 0.4) is 0 Å². The minimum absolute atomic E-state index is 0.839. The fourth-order valence-corrected chi connectivity index (χ4v) is 3.03. The zero-order valence-electron chi connectivity index (χ0n) is 12.8. The van der Waals surface area contributed by atoms with Crippen LogP contribution in [0.25, 0.3) is 0 Å². The Hall–Kier alpha value is -0.0400. The van der Waals surface area contributed by atoms with E-state index in [4.69, 9.17) is 0 Å². The minimum Gasteiger partial charge on any atom is -0.314 e. The lowest BCUT2D eigenvalue weighted by molar-refractivity contribution is 0.306. The van der Waals surface area contributed by atoms with Gasteiger partial charge in [0, 0.05) is 6.04 Å². The summed E-state index contributed by atoms with van der Waals surface area (Å²) >= 11 is 0. The monoisotopic (exact) mass is 253 g/mol. The Morgan fingerprint density at radius 2 is 1.33 bits per heavy atom. The van der Waals surface area contributed by atoms with Gasteiger partial charge in [0.25, 0.3) is 0 Å². The molecule has 1 aliphatic rings. The molecule has 108 valence electrons. The Labute approximate surface area is 115 Å². The number of nitrogens with one attached hydrogen (secondary N) is 1. The molecule has 0 atom stereocenters. The zero-order chi connectivity index (χ0) is 13.1. The van der Waals surface area contributed by atoms with Gasteiger partial charge in [-0.3, -0.25) is 0 Å². The van der Waals surface area contributed by atoms with Gasteiger partial charge >= 0.3 is 0 Å². The molecule has 0 spiro atoms. The van der Waals surface area contributed by atoms with Crippen LogP contribution >= 0.6 is 0 Å². The van der Waals surface area contributed by atoms with Gasteiger partial charge in [0.05, 0.1) is 0 Å². The third-order valence-corrected chi connectivity index (χ3v) is 4.48. The van der Waals surface area contributed by atoms with Crippen molar-refractivity contribution in [2.75, 3.05) is 6.54 Å². The highest BCUT2D eigenvalue weighted by molar-refractivity contribution is 4.74. The average molecular weight is 253 g/mol. The first-order chi connectivity index (χ1) is 8.83. The fourth-order valence-electron chi connectivity index (χ4n) is 3.03. The summed E-state index contributed by atoms with van der Waals surface area (Å²) in [6, 6.07) is 0.839. The number of unbranched alkanes of at least 4 members (excludes halogenated alkanes) is 7. The Kier molecular flexibility index (Phi) is 9.65. The predicted molar refractivity (Wildman–Crippen MR) is 82.0 cm³/mol. The SMILES string of the molecule is CCCCCCCCCCNC1CCC(C)CC1. The Bertz CT molecular complexity index is 170. The van der Waals surface area contributed by atoms with Gasteiger partial charge in [0.1, 0.15) is 0 Å². The van der Waals surface area contributed by atoms with Crippen molar-refractivity contribution in [2.24, 2.45) is 5.92 Å². The van der Waals surface area contributed by atoms with Crippen molar-refractivity contribution in [1.82, 2.24) is 5.32 Å². The Morgan fingerprint density at radius 1 is 0.778 bits per heavy atom. The lowest BCUT2D eigenvalue weighted by Gasteiger charge is -2.27. The zero-order valence-corrected chi connectivity index (χ0v) is 12.8. The Morgan fingerprint density at radius 3 is 1.94 bits per heavy atom. The molecular weight excluding hydrogens is 218 g/mol. The van der Waals surface area contributed by atoms with Gasteiger partial charge < -0.3 is 5.32 Å².